The Balaban J connectivity index is 1.97. The van der Waals surface area contributed by atoms with E-state index in [2.05, 4.69) is 5.32 Å². The number of alkyl halides is 1. The maximum atomic E-state index is 11.3. The number of anilines is 1. The monoisotopic (exact) mass is 311 g/mol. The molecule has 0 saturated heterocycles. The number of carbonyl (C=O) groups excluding carboxylic acids is 1. The molecule has 1 atom stereocenters. The average molecular weight is 312 g/mol. The van der Waals surface area contributed by atoms with Gasteiger partial charge in [-0.05, 0) is 35.1 Å². The summed E-state index contributed by atoms with van der Waals surface area (Å²) in [5.41, 5.74) is 3.90. The van der Waals surface area contributed by atoms with E-state index >= 15 is 0 Å². The van der Waals surface area contributed by atoms with Gasteiger partial charge in [0.25, 0.3) is 0 Å². The fourth-order valence-electron chi connectivity index (χ4n) is 2.18. The molecule has 98 valence electrons. The number of rotatable bonds is 2. The second-order valence-corrected chi connectivity index (χ2v) is 6.33. The Morgan fingerprint density at radius 3 is 2.89 bits per heavy atom. The third kappa shape index (κ3) is 2.27. The van der Waals surface area contributed by atoms with Crippen molar-refractivity contribution in [2.24, 2.45) is 0 Å². The second kappa shape index (κ2) is 4.82. The molecule has 19 heavy (non-hydrogen) atoms. The van der Waals surface area contributed by atoms with E-state index in [1.54, 1.807) is 11.3 Å². The van der Waals surface area contributed by atoms with Crippen LogP contribution in [0.15, 0.2) is 23.6 Å². The maximum absolute atomic E-state index is 11.3. The highest BCUT2D eigenvalue weighted by Gasteiger charge is 2.22. The van der Waals surface area contributed by atoms with Crippen LogP contribution in [0.2, 0.25) is 5.02 Å². The Hall–Kier alpha value is -1.03. The van der Waals surface area contributed by atoms with E-state index in [9.17, 15) is 4.79 Å². The highest BCUT2D eigenvalue weighted by atomic mass is 35.5. The van der Waals surface area contributed by atoms with Crippen molar-refractivity contribution in [1.29, 1.82) is 0 Å². The fraction of sp³-hybridized carbons (Fsp3) is 0.214. The van der Waals surface area contributed by atoms with Crippen LogP contribution in [0, 0.1) is 6.92 Å². The van der Waals surface area contributed by atoms with Crippen molar-refractivity contribution >= 4 is 46.1 Å². The molecule has 2 heterocycles. The van der Waals surface area contributed by atoms with Gasteiger partial charge in [-0.2, -0.15) is 0 Å². The zero-order valence-corrected chi connectivity index (χ0v) is 12.5. The number of halogens is 2. The molecule has 0 radical (unpaired) electrons. The summed E-state index contributed by atoms with van der Waals surface area (Å²) in [6.07, 6.45) is 0.421. The molecule has 0 spiro atoms. The van der Waals surface area contributed by atoms with Gasteiger partial charge in [-0.15, -0.1) is 22.9 Å². The zero-order valence-electron chi connectivity index (χ0n) is 10.2. The summed E-state index contributed by atoms with van der Waals surface area (Å²) < 4.78 is 0. The molecule has 1 aromatic carbocycles. The average Bonchev–Trinajstić information content (AvgIpc) is 2.91. The van der Waals surface area contributed by atoms with Gasteiger partial charge in [0.1, 0.15) is 0 Å². The number of amides is 1. The molecule has 2 nitrogen and oxygen atoms in total. The van der Waals surface area contributed by atoms with Gasteiger partial charge in [-0.1, -0.05) is 23.7 Å². The van der Waals surface area contributed by atoms with Crippen molar-refractivity contribution in [2.45, 2.75) is 18.7 Å². The summed E-state index contributed by atoms with van der Waals surface area (Å²) in [4.78, 5) is 12.3. The normalized spacial score (nSPS) is 15.2. The van der Waals surface area contributed by atoms with Crippen molar-refractivity contribution in [2.75, 3.05) is 5.32 Å². The minimum absolute atomic E-state index is 0.0308. The quantitative estimate of drug-likeness (QED) is 0.811. The maximum Gasteiger partial charge on any atom is 0.228 e. The number of nitrogens with one attached hydrogen (secondary N) is 1. The molecule has 5 heteroatoms. The van der Waals surface area contributed by atoms with E-state index in [-0.39, 0.29) is 11.3 Å². The topological polar surface area (TPSA) is 29.1 Å². The highest BCUT2D eigenvalue weighted by Crippen LogP contribution is 2.40. The molecule has 1 amide bonds. The van der Waals surface area contributed by atoms with Crippen LogP contribution in [-0.2, 0) is 11.2 Å². The molecule has 0 bridgehead atoms. The van der Waals surface area contributed by atoms with Crippen LogP contribution < -0.4 is 5.32 Å². The molecular formula is C14H11Cl2NOS. The van der Waals surface area contributed by atoms with Gasteiger partial charge < -0.3 is 5.32 Å². The lowest BCUT2D eigenvalue weighted by atomic mass is 10.0. The number of benzene rings is 1. The standard InChI is InChI=1S/C14H11Cl2NOS/c1-7-6-19-14(12(7)15)13(16)8-2-3-10-9(4-8)5-11(18)17-10/h2-4,6,13H,5H2,1H3,(H,17,18). The lowest BCUT2D eigenvalue weighted by Crippen LogP contribution is -2.03. The van der Waals surface area contributed by atoms with Crippen molar-refractivity contribution in [3.05, 3.63) is 50.2 Å². The Morgan fingerprint density at radius 2 is 2.21 bits per heavy atom. The van der Waals surface area contributed by atoms with Gasteiger partial charge in [0.05, 0.1) is 16.8 Å². The Bertz CT molecular complexity index is 665. The number of thiophene rings is 1. The molecule has 3 rings (SSSR count). The third-order valence-corrected chi connectivity index (χ3v) is 5.58. The zero-order chi connectivity index (χ0) is 13.6. The number of fused-ring (bicyclic) bond motifs is 1. The van der Waals surface area contributed by atoms with Crippen LogP contribution >= 0.6 is 34.5 Å². The van der Waals surface area contributed by atoms with Crippen LogP contribution in [0.5, 0.6) is 0 Å². The molecule has 1 aliphatic rings. The van der Waals surface area contributed by atoms with Gasteiger partial charge in [-0.25, -0.2) is 0 Å². The SMILES string of the molecule is Cc1csc(C(Cl)c2ccc3c(c2)CC(=O)N3)c1Cl. The van der Waals surface area contributed by atoms with Crippen molar-refractivity contribution in [3.63, 3.8) is 0 Å². The molecule has 1 aliphatic heterocycles. The molecule has 0 saturated carbocycles. The molecule has 0 aliphatic carbocycles. The first-order valence-corrected chi connectivity index (χ1v) is 7.56. The first-order chi connectivity index (χ1) is 9.06. The van der Waals surface area contributed by atoms with E-state index in [1.165, 1.54) is 0 Å². The second-order valence-electron chi connectivity index (χ2n) is 4.60. The summed E-state index contributed by atoms with van der Waals surface area (Å²) in [6, 6.07) is 5.82. The van der Waals surface area contributed by atoms with Crippen molar-refractivity contribution < 1.29 is 4.79 Å². The summed E-state index contributed by atoms with van der Waals surface area (Å²) in [6.45, 7) is 1.97. The van der Waals surface area contributed by atoms with Crippen LogP contribution in [0.25, 0.3) is 0 Å². The molecule has 1 aromatic heterocycles. The smallest absolute Gasteiger partial charge is 0.228 e. The summed E-state index contributed by atoms with van der Waals surface area (Å²) in [5.74, 6) is 0.0308. The van der Waals surface area contributed by atoms with Gasteiger partial charge >= 0.3 is 0 Å². The molecule has 0 fully saturated rings. The summed E-state index contributed by atoms with van der Waals surface area (Å²) in [5, 5.41) is 5.28. The van der Waals surface area contributed by atoms with Crippen LogP contribution in [0.1, 0.15) is 26.9 Å². The fourth-order valence-corrected chi connectivity index (χ4v) is 3.94. The van der Waals surface area contributed by atoms with Crippen LogP contribution in [0.3, 0.4) is 0 Å². The first-order valence-electron chi connectivity index (χ1n) is 5.86. The van der Waals surface area contributed by atoms with E-state index in [0.29, 0.717) is 6.42 Å². The summed E-state index contributed by atoms with van der Waals surface area (Å²) >= 11 is 14.3. The van der Waals surface area contributed by atoms with Gasteiger partial charge in [-0.3, -0.25) is 4.79 Å². The first kappa shape index (κ1) is 13.0. The molecule has 2 aromatic rings. The predicted octanol–water partition coefficient (Wildman–Crippen LogP) is 4.53. The molecule has 1 N–H and O–H groups in total. The Morgan fingerprint density at radius 1 is 1.42 bits per heavy atom. The van der Waals surface area contributed by atoms with Crippen LogP contribution in [0.4, 0.5) is 5.69 Å². The third-order valence-electron chi connectivity index (χ3n) is 3.20. The van der Waals surface area contributed by atoms with Crippen molar-refractivity contribution in [1.82, 2.24) is 0 Å². The number of hydrogen-bond donors (Lipinski definition) is 1. The predicted molar refractivity (Wildman–Crippen MR) is 80.5 cm³/mol. The van der Waals surface area contributed by atoms with Gasteiger partial charge in [0.2, 0.25) is 5.91 Å². The van der Waals surface area contributed by atoms with Gasteiger partial charge in [0, 0.05) is 10.6 Å². The Labute approximate surface area is 125 Å². The summed E-state index contributed by atoms with van der Waals surface area (Å²) in [7, 11) is 0. The lowest BCUT2D eigenvalue weighted by Gasteiger charge is -2.10. The molecular weight excluding hydrogens is 301 g/mol. The number of aryl methyl sites for hydroxylation is 1. The largest absolute Gasteiger partial charge is 0.326 e. The lowest BCUT2D eigenvalue weighted by molar-refractivity contribution is -0.115. The minimum Gasteiger partial charge on any atom is -0.326 e. The highest BCUT2D eigenvalue weighted by molar-refractivity contribution is 7.11. The van der Waals surface area contributed by atoms with Gasteiger partial charge in [0.15, 0.2) is 0 Å². The van der Waals surface area contributed by atoms with E-state index in [0.717, 1.165) is 32.3 Å². The Kier molecular flexibility index (Phi) is 3.29. The van der Waals surface area contributed by atoms with E-state index in [1.807, 2.05) is 30.5 Å². The van der Waals surface area contributed by atoms with Crippen LogP contribution in [-0.4, -0.2) is 5.91 Å². The minimum atomic E-state index is -0.271. The van der Waals surface area contributed by atoms with E-state index in [4.69, 9.17) is 23.2 Å². The van der Waals surface area contributed by atoms with Crippen molar-refractivity contribution in [3.8, 4) is 0 Å². The van der Waals surface area contributed by atoms with E-state index < -0.39 is 0 Å². The number of hydrogen-bond acceptors (Lipinski definition) is 2. The molecule has 1 unspecified atom stereocenters. The number of carbonyl (C=O) groups is 1.